The molecule has 0 radical (unpaired) electrons. The largest absolute Gasteiger partial charge is 0.478 e. The van der Waals surface area contributed by atoms with Gasteiger partial charge in [0.1, 0.15) is 0 Å². The number of halogens is 1. The number of carboxylic acids is 1. The van der Waals surface area contributed by atoms with E-state index in [1.54, 1.807) is 6.07 Å². The van der Waals surface area contributed by atoms with Gasteiger partial charge in [-0.05, 0) is 40.9 Å². The molecule has 0 spiro atoms. The molecule has 0 saturated heterocycles. The number of nitrogens with one attached hydrogen (secondary N) is 1. The zero-order chi connectivity index (χ0) is 12.8. The molecule has 1 unspecified atom stereocenters. The molecule has 0 aromatic heterocycles. The maximum atomic E-state index is 11.2. The Kier molecular flexibility index (Phi) is 5.48. The summed E-state index contributed by atoms with van der Waals surface area (Å²) in [5.41, 5.74) is 0.995. The quantitative estimate of drug-likeness (QED) is 0.830. The van der Waals surface area contributed by atoms with E-state index >= 15 is 0 Å². The monoisotopic (exact) mass is 299 g/mol. The first-order valence-electron chi connectivity index (χ1n) is 5.88. The van der Waals surface area contributed by atoms with E-state index in [-0.39, 0.29) is 0 Å². The minimum absolute atomic E-state index is 0.307. The minimum atomic E-state index is -0.911. The van der Waals surface area contributed by atoms with Crippen molar-refractivity contribution >= 4 is 27.6 Å². The molecular formula is C13H18BrNO2. The van der Waals surface area contributed by atoms with E-state index < -0.39 is 5.97 Å². The predicted molar refractivity (Wildman–Crippen MR) is 73.7 cm³/mol. The van der Waals surface area contributed by atoms with Crippen molar-refractivity contribution in [3.8, 4) is 0 Å². The highest BCUT2D eigenvalue weighted by Crippen LogP contribution is 2.26. The van der Waals surface area contributed by atoms with Crippen molar-refractivity contribution in [3.63, 3.8) is 0 Å². The summed E-state index contributed by atoms with van der Waals surface area (Å²) in [7, 11) is 0. The van der Waals surface area contributed by atoms with Gasteiger partial charge in [0.2, 0.25) is 0 Å². The Hall–Kier alpha value is -1.03. The van der Waals surface area contributed by atoms with Crippen LogP contribution in [-0.2, 0) is 0 Å². The fourth-order valence-corrected chi connectivity index (χ4v) is 2.34. The molecule has 0 saturated carbocycles. The van der Waals surface area contributed by atoms with E-state index in [2.05, 4.69) is 35.1 Å². The molecule has 1 atom stereocenters. The second kappa shape index (κ2) is 6.64. The molecule has 0 aliphatic carbocycles. The molecule has 0 aliphatic heterocycles. The lowest BCUT2D eigenvalue weighted by molar-refractivity contribution is 0.0697. The van der Waals surface area contributed by atoms with Crippen LogP contribution in [0.25, 0.3) is 0 Å². The smallest absolute Gasteiger partial charge is 0.338 e. The van der Waals surface area contributed by atoms with Crippen molar-refractivity contribution in [2.24, 2.45) is 0 Å². The van der Waals surface area contributed by atoms with Gasteiger partial charge in [0, 0.05) is 10.5 Å². The molecule has 0 fully saturated rings. The van der Waals surface area contributed by atoms with Crippen LogP contribution >= 0.6 is 15.9 Å². The summed E-state index contributed by atoms with van der Waals surface area (Å²) in [6.45, 7) is 4.23. The standard InChI is InChI=1S/C13H18BrNO2/c1-3-6-9(4-2)15-11-8-5-7-10(14)12(11)13(16)17/h5,7-9,15H,3-4,6H2,1-2H3,(H,16,17). The fourth-order valence-electron chi connectivity index (χ4n) is 1.81. The fraction of sp³-hybridized carbons (Fsp3) is 0.462. The van der Waals surface area contributed by atoms with E-state index in [1.807, 2.05) is 12.1 Å². The molecule has 0 bridgehead atoms. The van der Waals surface area contributed by atoms with E-state index in [0.717, 1.165) is 19.3 Å². The van der Waals surface area contributed by atoms with E-state index in [4.69, 9.17) is 0 Å². The average Bonchev–Trinajstić information content (AvgIpc) is 2.28. The van der Waals surface area contributed by atoms with Crippen LogP contribution in [-0.4, -0.2) is 17.1 Å². The molecule has 1 aromatic rings. The van der Waals surface area contributed by atoms with Gasteiger partial charge in [0.15, 0.2) is 0 Å². The third-order valence-electron chi connectivity index (χ3n) is 2.72. The van der Waals surface area contributed by atoms with Crippen LogP contribution in [0.15, 0.2) is 22.7 Å². The highest BCUT2D eigenvalue weighted by atomic mass is 79.9. The van der Waals surface area contributed by atoms with Gasteiger partial charge in [-0.3, -0.25) is 0 Å². The van der Waals surface area contributed by atoms with Crippen molar-refractivity contribution in [1.29, 1.82) is 0 Å². The first-order chi connectivity index (χ1) is 8.10. The lowest BCUT2D eigenvalue weighted by Gasteiger charge is -2.19. The maximum absolute atomic E-state index is 11.2. The zero-order valence-electron chi connectivity index (χ0n) is 10.2. The van der Waals surface area contributed by atoms with Gasteiger partial charge in [0.25, 0.3) is 0 Å². The Labute approximate surface area is 110 Å². The summed E-state index contributed by atoms with van der Waals surface area (Å²) >= 11 is 3.28. The number of hydrogen-bond acceptors (Lipinski definition) is 2. The van der Waals surface area contributed by atoms with Crippen molar-refractivity contribution < 1.29 is 9.90 Å². The Morgan fingerprint density at radius 3 is 2.71 bits per heavy atom. The third kappa shape index (κ3) is 3.73. The number of aromatic carboxylic acids is 1. The number of carbonyl (C=O) groups is 1. The van der Waals surface area contributed by atoms with Crippen molar-refractivity contribution in [2.45, 2.75) is 39.2 Å². The first-order valence-corrected chi connectivity index (χ1v) is 6.67. The van der Waals surface area contributed by atoms with Gasteiger partial charge in [0.05, 0.1) is 11.3 Å². The number of carboxylic acid groups (broad SMARTS) is 1. The van der Waals surface area contributed by atoms with Crippen LogP contribution in [0.1, 0.15) is 43.5 Å². The van der Waals surface area contributed by atoms with Gasteiger partial charge in [-0.15, -0.1) is 0 Å². The normalized spacial score (nSPS) is 12.2. The predicted octanol–water partition coefficient (Wildman–Crippen LogP) is 4.14. The van der Waals surface area contributed by atoms with Crippen LogP contribution in [0.5, 0.6) is 0 Å². The lowest BCUT2D eigenvalue weighted by atomic mass is 10.1. The van der Waals surface area contributed by atoms with Crippen LogP contribution in [0.3, 0.4) is 0 Å². The van der Waals surface area contributed by atoms with Gasteiger partial charge >= 0.3 is 5.97 Å². The Morgan fingerprint density at radius 1 is 1.47 bits per heavy atom. The average molecular weight is 300 g/mol. The van der Waals surface area contributed by atoms with Crippen molar-refractivity contribution in [1.82, 2.24) is 0 Å². The van der Waals surface area contributed by atoms with Crippen molar-refractivity contribution in [3.05, 3.63) is 28.2 Å². The molecule has 94 valence electrons. The van der Waals surface area contributed by atoms with Crippen LogP contribution in [0.4, 0.5) is 5.69 Å². The highest BCUT2D eigenvalue weighted by molar-refractivity contribution is 9.10. The Bertz CT molecular complexity index is 393. The maximum Gasteiger partial charge on any atom is 0.338 e. The Balaban J connectivity index is 2.97. The Morgan fingerprint density at radius 2 is 2.18 bits per heavy atom. The number of rotatable bonds is 6. The highest BCUT2D eigenvalue weighted by Gasteiger charge is 2.15. The third-order valence-corrected chi connectivity index (χ3v) is 3.38. The molecule has 1 rings (SSSR count). The molecule has 17 heavy (non-hydrogen) atoms. The second-order valence-corrected chi connectivity index (χ2v) is 4.86. The van der Waals surface area contributed by atoms with Gasteiger partial charge in [-0.2, -0.15) is 0 Å². The van der Waals surface area contributed by atoms with Crippen molar-refractivity contribution in [2.75, 3.05) is 5.32 Å². The molecular weight excluding hydrogens is 282 g/mol. The summed E-state index contributed by atoms with van der Waals surface area (Å²) in [5.74, 6) is -0.911. The number of hydrogen-bond donors (Lipinski definition) is 2. The molecule has 1 aromatic carbocycles. The second-order valence-electron chi connectivity index (χ2n) is 4.01. The SMILES string of the molecule is CCCC(CC)Nc1cccc(Br)c1C(=O)O. The van der Waals surface area contributed by atoms with Crippen LogP contribution in [0, 0.1) is 0 Å². The molecule has 3 nitrogen and oxygen atoms in total. The summed E-state index contributed by atoms with van der Waals surface area (Å²) in [6, 6.07) is 5.73. The summed E-state index contributed by atoms with van der Waals surface area (Å²) < 4.78 is 0.612. The number of benzene rings is 1. The molecule has 0 amide bonds. The molecule has 2 N–H and O–H groups in total. The molecule has 4 heteroatoms. The van der Waals surface area contributed by atoms with Crippen LogP contribution in [0.2, 0.25) is 0 Å². The van der Waals surface area contributed by atoms with E-state index in [9.17, 15) is 9.90 Å². The van der Waals surface area contributed by atoms with E-state index in [0.29, 0.717) is 21.8 Å². The summed E-state index contributed by atoms with van der Waals surface area (Å²) in [6.07, 6.45) is 3.11. The van der Waals surface area contributed by atoms with Gasteiger partial charge < -0.3 is 10.4 Å². The van der Waals surface area contributed by atoms with Crippen LogP contribution < -0.4 is 5.32 Å². The molecule has 0 heterocycles. The summed E-state index contributed by atoms with van der Waals surface area (Å²) in [4.78, 5) is 11.2. The lowest BCUT2D eigenvalue weighted by Crippen LogP contribution is -2.20. The van der Waals surface area contributed by atoms with Gasteiger partial charge in [-0.25, -0.2) is 4.79 Å². The van der Waals surface area contributed by atoms with E-state index in [1.165, 1.54) is 0 Å². The van der Waals surface area contributed by atoms with Gasteiger partial charge in [-0.1, -0.05) is 26.3 Å². The summed E-state index contributed by atoms with van der Waals surface area (Å²) in [5, 5.41) is 12.5. The number of anilines is 1. The topological polar surface area (TPSA) is 49.3 Å². The first kappa shape index (κ1) is 14.0. The minimum Gasteiger partial charge on any atom is -0.478 e. The zero-order valence-corrected chi connectivity index (χ0v) is 11.8. The molecule has 0 aliphatic rings.